The van der Waals surface area contributed by atoms with Gasteiger partial charge in [-0.15, -0.1) is 0 Å². The highest BCUT2D eigenvalue weighted by Crippen LogP contribution is 2.46. The molecule has 1 heterocycles. The van der Waals surface area contributed by atoms with Crippen LogP contribution in [0, 0.1) is 10.2 Å². The number of aromatic carboxylic acids is 1. The summed E-state index contributed by atoms with van der Waals surface area (Å²) in [6, 6.07) is 8.18. The maximum atomic E-state index is 11.5. The third-order valence-corrected chi connectivity index (χ3v) is 4.73. The number of aryl methyl sites for hydroxylation is 1. The first kappa shape index (κ1) is 14.1. The van der Waals surface area contributed by atoms with E-state index in [1.165, 1.54) is 17.3 Å². The molecule has 4 nitrogen and oxygen atoms in total. The minimum Gasteiger partial charge on any atom is -0.477 e. The van der Waals surface area contributed by atoms with E-state index in [9.17, 15) is 9.90 Å². The van der Waals surface area contributed by atoms with Gasteiger partial charge in [0.2, 0.25) is 0 Å². The van der Waals surface area contributed by atoms with Gasteiger partial charge < -0.3 is 14.7 Å². The molecule has 1 aliphatic rings. The Morgan fingerprint density at radius 3 is 2.86 bits per heavy atom. The van der Waals surface area contributed by atoms with Crippen LogP contribution >= 0.6 is 12.2 Å². The van der Waals surface area contributed by atoms with Crippen molar-refractivity contribution in [3.63, 3.8) is 0 Å². The van der Waals surface area contributed by atoms with Crippen molar-refractivity contribution in [1.82, 2.24) is 9.55 Å². The van der Waals surface area contributed by atoms with Crippen LogP contribution in [-0.2, 0) is 6.42 Å². The van der Waals surface area contributed by atoms with E-state index in [0.717, 1.165) is 12.8 Å². The van der Waals surface area contributed by atoms with Gasteiger partial charge in [0.05, 0.1) is 6.04 Å². The summed E-state index contributed by atoms with van der Waals surface area (Å²) < 4.78 is 2.22. The lowest BCUT2D eigenvalue weighted by atomic mass is 9.70. The van der Waals surface area contributed by atoms with Gasteiger partial charge in [0.1, 0.15) is 5.69 Å². The number of nitrogens with zero attached hydrogens (tertiary/aromatic N) is 1. The average Bonchev–Trinajstić information content (AvgIpc) is 2.80. The van der Waals surface area contributed by atoms with Crippen molar-refractivity contribution >= 4 is 18.2 Å². The Hall–Kier alpha value is -1.88. The highest BCUT2D eigenvalue weighted by Gasteiger charge is 2.38. The Balaban J connectivity index is 2.27. The number of fused-ring (bicyclic) bond motifs is 1. The quantitative estimate of drug-likeness (QED) is 0.829. The number of carbonyl (C=O) groups is 1. The number of H-pyrrole nitrogens is 1. The van der Waals surface area contributed by atoms with Gasteiger partial charge in [-0.1, -0.05) is 38.1 Å². The average molecular weight is 302 g/mol. The lowest BCUT2D eigenvalue weighted by Crippen LogP contribution is -2.34. The molecule has 21 heavy (non-hydrogen) atoms. The summed E-state index contributed by atoms with van der Waals surface area (Å²) in [5.41, 5.74) is 2.61. The molecule has 1 unspecified atom stereocenters. The molecule has 110 valence electrons. The van der Waals surface area contributed by atoms with Crippen molar-refractivity contribution < 1.29 is 9.90 Å². The minimum absolute atomic E-state index is 0.0566. The van der Waals surface area contributed by atoms with Gasteiger partial charge in [0, 0.05) is 6.20 Å². The summed E-state index contributed by atoms with van der Waals surface area (Å²) in [5, 5.41) is 9.44. The van der Waals surface area contributed by atoms with Crippen molar-refractivity contribution in [2.75, 3.05) is 0 Å². The van der Waals surface area contributed by atoms with Crippen LogP contribution in [0.5, 0.6) is 0 Å². The second-order valence-corrected chi connectivity index (χ2v) is 6.63. The van der Waals surface area contributed by atoms with Crippen LogP contribution in [0.15, 0.2) is 30.5 Å². The van der Waals surface area contributed by atoms with Crippen molar-refractivity contribution in [2.24, 2.45) is 5.41 Å². The number of imidazole rings is 1. The Morgan fingerprint density at radius 1 is 1.43 bits per heavy atom. The monoisotopic (exact) mass is 302 g/mol. The number of hydrogen-bond acceptors (Lipinski definition) is 2. The smallest absolute Gasteiger partial charge is 0.354 e. The zero-order valence-electron chi connectivity index (χ0n) is 12.1. The molecule has 5 heteroatoms. The molecule has 1 atom stereocenters. The van der Waals surface area contributed by atoms with E-state index in [0.29, 0.717) is 4.77 Å². The van der Waals surface area contributed by atoms with Crippen molar-refractivity contribution in [3.8, 4) is 0 Å². The van der Waals surface area contributed by atoms with Crippen molar-refractivity contribution in [3.05, 3.63) is 52.1 Å². The predicted octanol–water partition coefficient (Wildman–Crippen LogP) is 3.81. The van der Waals surface area contributed by atoms with E-state index < -0.39 is 5.97 Å². The van der Waals surface area contributed by atoms with E-state index in [2.05, 4.69) is 31.0 Å². The first-order chi connectivity index (χ1) is 9.92. The minimum atomic E-state index is -0.957. The van der Waals surface area contributed by atoms with Gasteiger partial charge in [-0.25, -0.2) is 4.79 Å². The molecule has 0 fully saturated rings. The molecular weight excluding hydrogens is 284 g/mol. The molecule has 0 amide bonds. The fourth-order valence-corrected chi connectivity index (χ4v) is 3.59. The summed E-state index contributed by atoms with van der Waals surface area (Å²) in [5.74, 6) is -0.957. The fourth-order valence-electron chi connectivity index (χ4n) is 3.33. The summed E-state index contributed by atoms with van der Waals surface area (Å²) in [6.07, 6.45) is 3.50. The number of aromatic amines is 1. The molecule has 2 N–H and O–H groups in total. The van der Waals surface area contributed by atoms with Crippen LogP contribution < -0.4 is 0 Å². The number of nitrogens with one attached hydrogen (secondary N) is 1. The number of carboxylic acid groups (broad SMARTS) is 1. The highest BCUT2D eigenvalue weighted by molar-refractivity contribution is 7.71. The second kappa shape index (κ2) is 4.84. The largest absolute Gasteiger partial charge is 0.477 e. The lowest BCUT2D eigenvalue weighted by Gasteiger charge is -2.41. The molecule has 1 aliphatic carbocycles. The van der Waals surface area contributed by atoms with E-state index in [1.54, 1.807) is 4.57 Å². The lowest BCUT2D eigenvalue weighted by molar-refractivity contribution is 0.0677. The molecular formula is C16H18N2O2S. The van der Waals surface area contributed by atoms with Crippen LogP contribution in [0.3, 0.4) is 0 Å². The zero-order valence-corrected chi connectivity index (χ0v) is 12.9. The fraction of sp³-hybridized carbons (Fsp3) is 0.375. The molecule has 1 aromatic carbocycles. The normalized spacial score (nSPS) is 20.0. The number of benzene rings is 1. The Bertz CT molecular complexity index is 758. The van der Waals surface area contributed by atoms with Crippen LogP contribution in [0.25, 0.3) is 0 Å². The molecule has 0 aliphatic heterocycles. The van der Waals surface area contributed by atoms with Gasteiger partial charge in [0.25, 0.3) is 0 Å². The van der Waals surface area contributed by atoms with Crippen LogP contribution in [-0.4, -0.2) is 20.6 Å². The Morgan fingerprint density at radius 2 is 2.14 bits per heavy atom. The van der Waals surface area contributed by atoms with Gasteiger partial charge in [-0.2, -0.15) is 0 Å². The van der Waals surface area contributed by atoms with Crippen molar-refractivity contribution in [2.45, 2.75) is 32.7 Å². The van der Waals surface area contributed by atoms with Gasteiger partial charge in [-0.3, -0.25) is 0 Å². The molecule has 2 aromatic rings. The van der Waals surface area contributed by atoms with E-state index in [1.807, 2.05) is 12.1 Å². The standard InChI is InChI=1S/C16H18N2O2S/c1-16(2)8-7-10-5-3-4-6-11(10)13(16)18-12(14(19)20)9-17-15(18)21/h3-6,9,13H,7-8H2,1-2H3,(H,17,21)(H,19,20). The van der Waals surface area contributed by atoms with Crippen LogP contribution in [0.2, 0.25) is 0 Å². The zero-order chi connectivity index (χ0) is 15.2. The summed E-state index contributed by atoms with van der Waals surface area (Å²) in [7, 11) is 0. The van der Waals surface area contributed by atoms with E-state index in [4.69, 9.17) is 12.2 Å². The van der Waals surface area contributed by atoms with E-state index in [-0.39, 0.29) is 17.2 Å². The van der Waals surface area contributed by atoms with E-state index >= 15 is 0 Å². The number of carboxylic acids is 1. The third kappa shape index (κ3) is 2.21. The number of hydrogen-bond donors (Lipinski definition) is 2. The Labute approximate surface area is 128 Å². The van der Waals surface area contributed by atoms with Gasteiger partial charge in [0.15, 0.2) is 4.77 Å². The van der Waals surface area contributed by atoms with Gasteiger partial charge in [-0.05, 0) is 41.6 Å². The van der Waals surface area contributed by atoms with Crippen LogP contribution in [0.4, 0.5) is 0 Å². The van der Waals surface area contributed by atoms with Crippen LogP contribution in [0.1, 0.15) is 47.9 Å². The van der Waals surface area contributed by atoms with Crippen molar-refractivity contribution in [1.29, 1.82) is 0 Å². The number of rotatable bonds is 2. The SMILES string of the molecule is CC1(C)CCc2ccccc2C1n1c(C(=O)O)c[nH]c1=S. The maximum absolute atomic E-state index is 11.5. The molecule has 0 bridgehead atoms. The maximum Gasteiger partial charge on any atom is 0.354 e. The first-order valence-electron chi connectivity index (χ1n) is 7.03. The molecule has 0 spiro atoms. The second-order valence-electron chi connectivity index (χ2n) is 6.24. The summed E-state index contributed by atoms with van der Waals surface area (Å²) >= 11 is 5.35. The topological polar surface area (TPSA) is 58.0 Å². The first-order valence-corrected chi connectivity index (χ1v) is 7.43. The highest BCUT2D eigenvalue weighted by atomic mass is 32.1. The summed E-state index contributed by atoms with van der Waals surface area (Å²) in [6.45, 7) is 4.35. The summed E-state index contributed by atoms with van der Waals surface area (Å²) in [4.78, 5) is 14.4. The molecule has 0 saturated carbocycles. The predicted molar refractivity (Wildman–Crippen MR) is 83.3 cm³/mol. The molecule has 1 aromatic heterocycles. The molecule has 0 saturated heterocycles. The molecule has 0 radical (unpaired) electrons. The van der Waals surface area contributed by atoms with Gasteiger partial charge >= 0.3 is 5.97 Å². The molecule has 3 rings (SSSR count). The number of aromatic nitrogens is 2. The third-order valence-electron chi connectivity index (χ3n) is 4.42. The Kier molecular flexibility index (Phi) is 3.24.